The standard InChI is InChI=1S/C14H28N2O3/c1-10(2)6-7-12(18)16-9-13(19)15-8-11(17)14(3,4)5/h10-11,17H,6-9H2,1-5H3,(H,15,19)(H,16,18)/t11-/m0/s1. The van der Waals surface area contributed by atoms with E-state index in [-0.39, 0.29) is 30.3 Å². The molecule has 0 radical (unpaired) electrons. The number of carbonyl (C=O) groups excluding carboxylic acids is 2. The normalized spacial score (nSPS) is 13.2. The van der Waals surface area contributed by atoms with E-state index in [4.69, 9.17) is 0 Å². The highest BCUT2D eigenvalue weighted by atomic mass is 16.3. The topological polar surface area (TPSA) is 78.4 Å². The molecule has 0 heterocycles. The molecular formula is C14H28N2O3. The Morgan fingerprint density at radius 2 is 1.68 bits per heavy atom. The molecule has 0 aromatic rings. The van der Waals surface area contributed by atoms with Gasteiger partial charge in [0.15, 0.2) is 0 Å². The molecule has 112 valence electrons. The maximum absolute atomic E-state index is 11.5. The number of aliphatic hydroxyl groups is 1. The zero-order valence-electron chi connectivity index (χ0n) is 12.7. The molecule has 0 aliphatic heterocycles. The first-order valence-corrected chi connectivity index (χ1v) is 6.84. The summed E-state index contributed by atoms with van der Waals surface area (Å²) in [5.74, 6) is 0.0860. The summed E-state index contributed by atoms with van der Waals surface area (Å²) in [6.07, 6.45) is 0.652. The maximum Gasteiger partial charge on any atom is 0.239 e. The summed E-state index contributed by atoms with van der Waals surface area (Å²) in [5, 5.41) is 14.9. The van der Waals surface area contributed by atoms with Crippen molar-refractivity contribution in [2.75, 3.05) is 13.1 Å². The summed E-state index contributed by atoms with van der Waals surface area (Å²) in [6.45, 7) is 9.96. The second-order valence-electron chi connectivity index (χ2n) is 6.40. The molecule has 5 nitrogen and oxygen atoms in total. The lowest BCUT2D eigenvalue weighted by Crippen LogP contribution is -2.43. The second-order valence-corrected chi connectivity index (χ2v) is 6.40. The Labute approximate surface area is 116 Å². The lowest BCUT2D eigenvalue weighted by Gasteiger charge is -2.25. The third kappa shape index (κ3) is 9.47. The summed E-state index contributed by atoms with van der Waals surface area (Å²) in [6, 6.07) is 0. The molecule has 0 aromatic carbocycles. The molecule has 0 saturated carbocycles. The molecule has 3 N–H and O–H groups in total. The van der Waals surface area contributed by atoms with Crippen LogP contribution in [0.2, 0.25) is 0 Å². The molecule has 1 atom stereocenters. The van der Waals surface area contributed by atoms with Crippen LogP contribution in [0.5, 0.6) is 0 Å². The molecule has 0 unspecified atom stereocenters. The van der Waals surface area contributed by atoms with Crippen molar-refractivity contribution in [3.05, 3.63) is 0 Å². The van der Waals surface area contributed by atoms with Crippen molar-refractivity contribution in [1.29, 1.82) is 0 Å². The number of hydrogen-bond acceptors (Lipinski definition) is 3. The highest BCUT2D eigenvalue weighted by Gasteiger charge is 2.22. The fourth-order valence-electron chi connectivity index (χ4n) is 1.27. The Morgan fingerprint density at radius 3 is 2.16 bits per heavy atom. The monoisotopic (exact) mass is 272 g/mol. The van der Waals surface area contributed by atoms with Crippen molar-refractivity contribution in [2.24, 2.45) is 11.3 Å². The van der Waals surface area contributed by atoms with Crippen LogP contribution in [0.25, 0.3) is 0 Å². The minimum absolute atomic E-state index is 0.0339. The van der Waals surface area contributed by atoms with Gasteiger partial charge in [0.05, 0.1) is 12.6 Å². The summed E-state index contributed by atoms with van der Waals surface area (Å²) < 4.78 is 0. The van der Waals surface area contributed by atoms with Gasteiger partial charge in [-0.2, -0.15) is 0 Å². The van der Waals surface area contributed by atoms with Crippen LogP contribution in [-0.4, -0.2) is 36.1 Å². The summed E-state index contributed by atoms with van der Waals surface area (Å²) in [7, 11) is 0. The van der Waals surface area contributed by atoms with Gasteiger partial charge in [0.1, 0.15) is 0 Å². The Balaban J connectivity index is 3.79. The highest BCUT2D eigenvalue weighted by molar-refractivity contribution is 5.84. The fraction of sp³-hybridized carbons (Fsp3) is 0.857. The van der Waals surface area contributed by atoms with Crippen molar-refractivity contribution in [3.63, 3.8) is 0 Å². The smallest absolute Gasteiger partial charge is 0.239 e. The van der Waals surface area contributed by atoms with E-state index in [9.17, 15) is 14.7 Å². The molecule has 19 heavy (non-hydrogen) atoms. The SMILES string of the molecule is CC(C)CCC(=O)NCC(=O)NC[C@H](O)C(C)(C)C. The lowest BCUT2D eigenvalue weighted by atomic mass is 9.89. The molecule has 0 aromatic heterocycles. The van der Waals surface area contributed by atoms with Gasteiger partial charge in [-0.3, -0.25) is 9.59 Å². The van der Waals surface area contributed by atoms with E-state index >= 15 is 0 Å². The number of amides is 2. The molecule has 2 amide bonds. The first-order chi connectivity index (χ1) is 8.62. The predicted octanol–water partition coefficient (Wildman–Crippen LogP) is 1.06. The van der Waals surface area contributed by atoms with Crippen LogP contribution in [-0.2, 0) is 9.59 Å². The van der Waals surface area contributed by atoms with E-state index in [0.717, 1.165) is 6.42 Å². The Bertz CT molecular complexity index is 296. The van der Waals surface area contributed by atoms with Crippen molar-refractivity contribution < 1.29 is 14.7 Å². The number of rotatable bonds is 7. The van der Waals surface area contributed by atoms with Gasteiger partial charge in [-0.25, -0.2) is 0 Å². The lowest BCUT2D eigenvalue weighted by molar-refractivity contribution is -0.126. The predicted molar refractivity (Wildman–Crippen MR) is 75.6 cm³/mol. The molecule has 0 fully saturated rings. The van der Waals surface area contributed by atoms with Crippen LogP contribution < -0.4 is 10.6 Å². The van der Waals surface area contributed by atoms with Gasteiger partial charge >= 0.3 is 0 Å². The van der Waals surface area contributed by atoms with Crippen LogP contribution in [0.3, 0.4) is 0 Å². The number of hydrogen-bond donors (Lipinski definition) is 3. The summed E-state index contributed by atoms with van der Waals surface area (Å²) in [4.78, 5) is 22.9. The van der Waals surface area contributed by atoms with Gasteiger partial charge in [0, 0.05) is 13.0 Å². The van der Waals surface area contributed by atoms with E-state index in [2.05, 4.69) is 10.6 Å². The maximum atomic E-state index is 11.5. The molecular weight excluding hydrogens is 244 g/mol. The molecule has 0 saturated heterocycles. The molecule has 0 aliphatic carbocycles. The van der Waals surface area contributed by atoms with Crippen LogP contribution in [0.15, 0.2) is 0 Å². The van der Waals surface area contributed by atoms with Crippen LogP contribution >= 0.6 is 0 Å². The zero-order chi connectivity index (χ0) is 15.1. The minimum atomic E-state index is -0.604. The van der Waals surface area contributed by atoms with Crippen LogP contribution in [0.4, 0.5) is 0 Å². The van der Waals surface area contributed by atoms with E-state index in [1.54, 1.807) is 0 Å². The number of carbonyl (C=O) groups is 2. The number of nitrogens with one attached hydrogen (secondary N) is 2. The first kappa shape index (κ1) is 17.9. The minimum Gasteiger partial charge on any atom is -0.391 e. The van der Waals surface area contributed by atoms with Crippen LogP contribution in [0, 0.1) is 11.3 Å². The average molecular weight is 272 g/mol. The van der Waals surface area contributed by atoms with Crippen LogP contribution in [0.1, 0.15) is 47.5 Å². The van der Waals surface area contributed by atoms with Crippen molar-refractivity contribution in [3.8, 4) is 0 Å². The third-order valence-electron chi connectivity index (χ3n) is 2.89. The van der Waals surface area contributed by atoms with Gasteiger partial charge in [-0.05, 0) is 17.8 Å². The van der Waals surface area contributed by atoms with E-state index in [0.29, 0.717) is 12.3 Å². The summed E-state index contributed by atoms with van der Waals surface area (Å²) in [5.41, 5.74) is -0.270. The first-order valence-electron chi connectivity index (χ1n) is 6.84. The van der Waals surface area contributed by atoms with Gasteiger partial charge in [0.25, 0.3) is 0 Å². The molecule has 5 heteroatoms. The Morgan fingerprint density at radius 1 is 1.11 bits per heavy atom. The quantitative estimate of drug-likeness (QED) is 0.648. The zero-order valence-corrected chi connectivity index (χ0v) is 12.7. The number of aliphatic hydroxyl groups excluding tert-OH is 1. The highest BCUT2D eigenvalue weighted by Crippen LogP contribution is 2.17. The van der Waals surface area contributed by atoms with Gasteiger partial charge in [-0.1, -0.05) is 34.6 Å². The Hall–Kier alpha value is -1.10. The van der Waals surface area contributed by atoms with E-state index in [1.807, 2.05) is 34.6 Å². The molecule has 0 bridgehead atoms. The molecule has 0 spiro atoms. The third-order valence-corrected chi connectivity index (χ3v) is 2.89. The van der Waals surface area contributed by atoms with Crippen molar-refractivity contribution in [1.82, 2.24) is 10.6 Å². The average Bonchev–Trinajstić information content (AvgIpc) is 2.29. The fourth-order valence-corrected chi connectivity index (χ4v) is 1.27. The van der Waals surface area contributed by atoms with Gasteiger partial charge in [-0.15, -0.1) is 0 Å². The van der Waals surface area contributed by atoms with E-state index < -0.39 is 6.10 Å². The molecule has 0 rings (SSSR count). The van der Waals surface area contributed by atoms with E-state index in [1.165, 1.54) is 0 Å². The largest absolute Gasteiger partial charge is 0.391 e. The molecule has 0 aliphatic rings. The van der Waals surface area contributed by atoms with Crippen molar-refractivity contribution in [2.45, 2.75) is 53.6 Å². The van der Waals surface area contributed by atoms with Gasteiger partial charge < -0.3 is 15.7 Å². The Kier molecular flexibility index (Phi) is 7.68. The van der Waals surface area contributed by atoms with Crippen molar-refractivity contribution >= 4 is 11.8 Å². The second kappa shape index (κ2) is 8.15. The summed E-state index contributed by atoms with van der Waals surface area (Å²) >= 11 is 0. The van der Waals surface area contributed by atoms with Gasteiger partial charge in [0.2, 0.25) is 11.8 Å².